The average molecular weight is 368 g/mol. The number of ether oxygens (including phenoxy) is 2. The molecule has 1 aromatic carbocycles. The molecule has 5 heteroatoms. The molecule has 0 atom stereocenters. The van der Waals surface area contributed by atoms with Gasteiger partial charge in [0.2, 0.25) is 0 Å². The van der Waals surface area contributed by atoms with Crippen LogP contribution in [0.3, 0.4) is 0 Å². The summed E-state index contributed by atoms with van der Waals surface area (Å²) in [6.07, 6.45) is 5.06. The summed E-state index contributed by atoms with van der Waals surface area (Å²) >= 11 is 8.07. The molecule has 1 aromatic heterocycles. The Balaban J connectivity index is 1.91. The minimum absolute atomic E-state index is 0.503. The van der Waals surface area contributed by atoms with Gasteiger partial charge in [-0.25, -0.2) is 0 Å². The number of nitrogens with one attached hydrogen (secondary N) is 1. The largest absolute Gasteiger partial charge is 0.493 e. The third-order valence-electron chi connectivity index (χ3n) is 3.76. The number of hydrogen-bond acceptors (Lipinski definition) is 4. The van der Waals surface area contributed by atoms with E-state index in [4.69, 9.17) is 21.1 Å². The molecule has 0 spiro atoms. The Hall–Kier alpha value is -1.23. The zero-order valence-electron chi connectivity index (χ0n) is 14.4. The molecule has 132 valence electrons. The van der Waals surface area contributed by atoms with E-state index in [-0.39, 0.29) is 0 Å². The van der Waals surface area contributed by atoms with E-state index >= 15 is 0 Å². The van der Waals surface area contributed by atoms with E-state index in [0.717, 1.165) is 23.5 Å². The Bertz CT molecular complexity index is 602. The predicted molar refractivity (Wildman–Crippen MR) is 103 cm³/mol. The topological polar surface area (TPSA) is 30.5 Å². The molecule has 0 radical (unpaired) electrons. The molecular formula is C19H26ClNO2S. The molecule has 0 saturated heterocycles. The molecule has 2 aromatic rings. The van der Waals surface area contributed by atoms with Gasteiger partial charge in [-0.05, 0) is 42.1 Å². The molecule has 2 rings (SSSR count). The number of hydrogen-bond donors (Lipinski definition) is 1. The van der Waals surface area contributed by atoms with E-state index in [2.05, 4.69) is 12.2 Å². The van der Waals surface area contributed by atoms with Crippen molar-refractivity contribution in [3.05, 3.63) is 45.1 Å². The van der Waals surface area contributed by atoms with E-state index in [1.165, 1.54) is 25.7 Å². The zero-order chi connectivity index (χ0) is 17.2. The fourth-order valence-electron chi connectivity index (χ4n) is 2.46. The van der Waals surface area contributed by atoms with Crippen molar-refractivity contribution in [3.8, 4) is 11.5 Å². The first-order valence-electron chi connectivity index (χ1n) is 8.47. The van der Waals surface area contributed by atoms with Crippen LogP contribution in [0.25, 0.3) is 0 Å². The van der Waals surface area contributed by atoms with Crippen molar-refractivity contribution in [2.75, 3.05) is 13.7 Å². The molecule has 0 bridgehead atoms. The molecule has 3 nitrogen and oxygen atoms in total. The lowest BCUT2D eigenvalue weighted by Gasteiger charge is -2.14. The first-order chi connectivity index (χ1) is 11.7. The Morgan fingerprint density at radius 1 is 1.21 bits per heavy atom. The molecule has 1 N–H and O–H groups in total. The van der Waals surface area contributed by atoms with Crippen LogP contribution in [0.1, 0.15) is 43.0 Å². The fraction of sp³-hybridized carbons (Fsp3) is 0.474. The number of benzene rings is 1. The van der Waals surface area contributed by atoms with Crippen molar-refractivity contribution in [1.29, 1.82) is 0 Å². The molecule has 24 heavy (non-hydrogen) atoms. The van der Waals surface area contributed by atoms with Gasteiger partial charge in [0.05, 0.1) is 12.1 Å². The van der Waals surface area contributed by atoms with Gasteiger partial charge < -0.3 is 14.8 Å². The van der Waals surface area contributed by atoms with Gasteiger partial charge in [-0.15, -0.1) is 11.3 Å². The van der Waals surface area contributed by atoms with E-state index < -0.39 is 0 Å². The van der Waals surface area contributed by atoms with Gasteiger partial charge in [0.25, 0.3) is 0 Å². The van der Waals surface area contributed by atoms with Gasteiger partial charge in [-0.2, -0.15) is 0 Å². The SMILES string of the molecule is CCCCCCNCc1cc(Cl)c(OCc2cccs2)c(OC)c1. The summed E-state index contributed by atoms with van der Waals surface area (Å²) < 4.78 is 11.3. The van der Waals surface area contributed by atoms with E-state index in [9.17, 15) is 0 Å². The second-order valence-electron chi connectivity index (χ2n) is 5.71. The van der Waals surface area contributed by atoms with Gasteiger partial charge in [0.1, 0.15) is 6.61 Å². The number of rotatable bonds is 11. The lowest BCUT2D eigenvalue weighted by Crippen LogP contribution is -2.14. The maximum atomic E-state index is 6.41. The Morgan fingerprint density at radius 2 is 2.08 bits per heavy atom. The molecule has 0 aliphatic carbocycles. The van der Waals surface area contributed by atoms with Gasteiger partial charge in [-0.3, -0.25) is 0 Å². The van der Waals surface area contributed by atoms with Crippen LogP contribution >= 0.6 is 22.9 Å². The van der Waals surface area contributed by atoms with Crippen molar-refractivity contribution >= 4 is 22.9 Å². The molecular weight excluding hydrogens is 342 g/mol. The molecule has 0 saturated carbocycles. The monoisotopic (exact) mass is 367 g/mol. The van der Waals surface area contributed by atoms with E-state index in [1.54, 1.807) is 18.4 Å². The van der Waals surface area contributed by atoms with Crippen molar-refractivity contribution in [1.82, 2.24) is 5.32 Å². The van der Waals surface area contributed by atoms with Gasteiger partial charge in [-0.1, -0.05) is 43.9 Å². The van der Waals surface area contributed by atoms with Crippen molar-refractivity contribution < 1.29 is 9.47 Å². The second-order valence-corrected chi connectivity index (χ2v) is 7.15. The third kappa shape index (κ3) is 6.00. The van der Waals surface area contributed by atoms with Gasteiger partial charge in [0, 0.05) is 11.4 Å². The maximum Gasteiger partial charge on any atom is 0.180 e. The highest BCUT2D eigenvalue weighted by molar-refractivity contribution is 7.09. The summed E-state index contributed by atoms with van der Waals surface area (Å²) in [6.45, 7) is 4.54. The quantitative estimate of drug-likeness (QED) is 0.520. The maximum absolute atomic E-state index is 6.41. The molecule has 0 unspecified atom stereocenters. The fourth-order valence-corrected chi connectivity index (χ4v) is 3.37. The Labute approximate surface area is 153 Å². The lowest BCUT2D eigenvalue weighted by atomic mass is 10.2. The minimum atomic E-state index is 0.503. The summed E-state index contributed by atoms with van der Waals surface area (Å²) in [5.41, 5.74) is 1.11. The first-order valence-corrected chi connectivity index (χ1v) is 9.72. The van der Waals surface area contributed by atoms with Crippen LogP contribution in [-0.2, 0) is 13.2 Å². The highest BCUT2D eigenvalue weighted by Crippen LogP contribution is 2.37. The second kappa shape index (κ2) is 10.6. The summed E-state index contributed by atoms with van der Waals surface area (Å²) in [6, 6.07) is 8.00. The van der Waals surface area contributed by atoms with Crippen molar-refractivity contribution in [2.45, 2.75) is 45.8 Å². The molecule has 0 fully saturated rings. The van der Waals surface area contributed by atoms with Crippen molar-refractivity contribution in [3.63, 3.8) is 0 Å². The summed E-state index contributed by atoms with van der Waals surface area (Å²) in [5, 5.41) is 6.09. The molecule has 1 heterocycles. The van der Waals surface area contributed by atoms with Crippen LogP contribution in [0.5, 0.6) is 11.5 Å². The number of methoxy groups -OCH3 is 1. The predicted octanol–water partition coefficient (Wildman–Crippen LogP) is 5.66. The lowest BCUT2D eigenvalue weighted by molar-refractivity contribution is 0.287. The Morgan fingerprint density at radius 3 is 2.79 bits per heavy atom. The number of unbranched alkanes of at least 4 members (excludes halogenated alkanes) is 3. The number of thiophene rings is 1. The van der Waals surface area contributed by atoms with Crippen LogP contribution in [0, 0.1) is 0 Å². The van der Waals surface area contributed by atoms with Gasteiger partial charge >= 0.3 is 0 Å². The van der Waals surface area contributed by atoms with Crippen LogP contribution in [0.4, 0.5) is 0 Å². The first kappa shape index (κ1) is 19.1. The summed E-state index contributed by atoms with van der Waals surface area (Å²) in [4.78, 5) is 1.16. The standard InChI is InChI=1S/C19H26ClNO2S/c1-3-4-5-6-9-21-13-15-11-17(20)19(18(12-15)22-2)23-14-16-8-7-10-24-16/h7-8,10-12,21H,3-6,9,13-14H2,1-2H3. The minimum Gasteiger partial charge on any atom is -0.493 e. The van der Waals surface area contributed by atoms with E-state index in [0.29, 0.717) is 23.1 Å². The summed E-state index contributed by atoms with van der Waals surface area (Å²) in [7, 11) is 1.64. The van der Waals surface area contributed by atoms with Crippen molar-refractivity contribution in [2.24, 2.45) is 0 Å². The molecule has 0 aliphatic rings. The van der Waals surface area contributed by atoms with Gasteiger partial charge in [0.15, 0.2) is 11.5 Å². The highest BCUT2D eigenvalue weighted by Gasteiger charge is 2.12. The van der Waals surface area contributed by atoms with E-state index in [1.807, 2.05) is 29.6 Å². The summed E-state index contributed by atoms with van der Waals surface area (Å²) in [5.74, 6) is 1.29. The van der Waals surface area contributed by atoms with Crippen LogP contribution in [0.15, 0.2) is 29.6 Å². The smallest absolute Gasteiger partial charge is 0.180 e. The Kier molecular flexibility index (Phi) is 8.43. The number of halogens is 1. The van der Waals surface area contributed by atoms with Crippen LogP contribution in [0.2, 0.25) is 5.02 Å². The normalized spacial score (nSPS) is 10.8. The highest BCUT2D eigenvalue weighted by atomic mass is 35.5. The zero-order valence-corrected chi connectivity index (χ0v) is 16.0. The average Bonchev–Trinajstić information content (AvgIpc) is 3.10. The molecule has 0 aliphatic heterocycles. The van der Waals surface area contributed by atoms with Crippen LogP contribution in [-0.4, -0.2) is 13.7 Å². The molecule has 0 amide bonds. The third-order valence-corrected chi connectivity index (χ3v) is 4.89. The van der Waals surface area contributed by atoms with Crippen LogP contribution < -0.4 is 14.8 Å².